The lowest BCUT2D eigenvalue weighted by Gasteiger charge is -2.32. The number of rotatable bonds is 5. The third kappa shape index (κ3) is 5.17. The fraction of sp³-hybridized carbons (Fsp3) is 0.292. The van der Waals surface area contributed by atoms with Gasteiger partial charge in [-0.2, -0.15) is 18.4 Å². The molecule has 0 aliphatic rings. The lowest BCUT2D eigenvalue weighted by atomic mass is 10.1. The highest BCUT2D eigenvalue weighted by atomic mass is 32.1. The molecular formula is C24H22F3N5O2S. The van der Waals surface area contributed by atoms with Gasteiger partial charge in [0.15, 0.2) is 5.11 Å². The van der Waals surface area contributed by atoms with Crippen LogP contribution in [0.4, 0.5) is 24.5 Å². The number of hydrogen-bond donors (Lipinski definition) is 1. The maximum atomic E-state index is 13.6. The van der Waals surface area contributed by atoms with Gasteiger partial charge in [0.2, 0.25) is 5.91 Å². The van der Waals surface area contributed by atoms with Gasteiger partial charge in [0.05, 0.1) is 33.8 Å². The number of nitrogens with zero attached hydrogens (tertiary/aromatic N) is 4. The molecule has 0 aliphatic carbocycles. The molecule has 2 aromatic carbocycles. The molecule has 35 heavy (non-hydrogen) atoms. The Kier molecular flexibility index (Phi) is 7.55. The Morgan fingerprint density at radius 3 is 2.40 bits per heavy atom. The molecule has 0 bridgehead atoms. The van der Waals surface area contributed by atoms with Crippen LogP contribution < -0.4 is 15.4 Å². The summed E-state index contributed by atoms with van der Waals surface area (Å²) in [4.78, 5) is 35.1. The minimum absolute atomic E-state index is 0.0276. The Balaban J connectivity index is 2.12. The molecule has 1 heterocycles. The lowest BCUT2D eigenvalue weighted by Crippen LogP contribution is -2.46. The van der Waals surface area contributed by atoms with Crippen LogP contribution in [0.15, 0.2) is 41.2 Å². The van der Waals surface area contributed by atoms with Crippen LogP contribution in [0.1, 0.15) is 44.1 Å². The molecule has 1 amide bonds. The normalized spacial score (nSPS) is 11.2. The number of alkyl halides is 3. The summed E-state index contributed by atoms with van der Waals surface area (Å²) in [5.74, 6) is 0.0123. The summed E-state index contributed by atoms with van der Waals surface area (Å²) < 4.78 is 40.7. The molecule has 0 saturated heterocycles. The molecule has 0 radical (unpaired) electrons. The van der Waals surface area contributed by atoms with E-state index in [1.54, 1.807) is 36.9 Å². The minimum Gasteiger partial charge on any atom is -0.318 e. The third-order valence-electron chi connectivity index (χ3n) is 5.36. The molecule has 0 saturated carbocycles. The number of amides is 1. The Hall–Kier alpha value is -3.78. The van der Waals surface area contributed by atoms with Crippen LogP contribution in [0.2, 0.25) is 0 Å². The van der Waals surface area contributed by atoms with Crippen molar-refractivity contribution in [1.82, 2.24) is 9.97 Å². The Labute approximate surface area is 204 Å². The topological polar surface area (TPSA) is 93.1 Å². The third-order valence-corrected chi connectivity index (χ3v) is 5.76. The van der Waals surface area contributed by atoms with E-state index in [2.05, 4.69) is 9.97 Å². The number of carbonyl (C=O) groups excluding carboxylic acids is 1. The molecule has 182 valence electrons. The minimum atomic E-state index is -4.79. The predicted octanol–water partition coefficient (Wildman–Crippen LogP) is 4.93. The van der Waals surface area contributed by atoms with Crippen LogP contribution in [-0.4, -0.2) is 27.5 Å². The highest BCUT2D eigenvalue weighted by Gasteiger charge is 2.35. The maximum Gasteiger partial charge on any atom is 0.417 e. The number of carbonyl (C=O) groups is 1. The number of fused-ring (bicyclic) bond motifs is 1. The zero-order valence-electron chi connectivity index (χ0n) is 19.2. The van der Waals surface area contributed by atoms with Gasteiger partial charge >= 0.3 is 6.18 Å². The summed E-state index contributed by atoms with van der Waals surface area (Å²) in [7, 11) is 0. The van der Waals surface area contributed by atoms with E-state index in [1.165, 1.54) is 12.1 Å². The molecule has 7 nitrogen and oxygen atoms in total. The van der Waals surface area contributed by atoms with E-state index in [1.807, 2.05) is 6.92 Å². The smallest absolute Gasteiger partial charge is 0.318 e. The number of halogens is 3. The highest BCUT2D eigenvalue weighted by Crippen LogP contribution is 2.35. The van der Waals surface area contributed by atoms with E-state index in [0.717, 1.165) is 17.0 Å². The van der Waals surface area contributed by atoms with Crippen LogP contribution in [0.5, 0.6) is 0 Å². The maximum absolute atomic E-state index is 13.6. The Morgan fingerprint density at radius 1 is 1.14 bits per heavy atom. The van der Waals surface area contributed by atoms with E-state index < -0.39 is 23.2 Å². The van der Waals surface area contributed by atoms with Crippen molar-refractivity contribution in [3.05, 3.63) is 63.7 Å². The molecule has 3 rings (SSSR count). The second-order valence-corrected chi connectivity index (χ2v) is 7.88. The van der Waals surface area contributed by atoms with E-state index in [4.69, 9.17) is 17.5 Å². The van der Waals surface area contributed by atoms with Crippen molar-refractivity contribution in [1.29, 1.82) is 5.26 Å². The second kappa shape index (κ2) is 10.2. The van der Waals surface area contributed by atoms with Gasteiger partial charge in [-0.3, -0.25) is 14.5 Å². The molecule has 0 unspecified atom stereocenters. The standard InChI is InChI=1S/C24H22F3N5O2S/c1-4-20-29-19-10-9-15(11-17(19)22(34)30-20)31(6-3)23(35)32(21(33)5-2)16-8-7-14(13-28)18(12-16)24(25,26)27/h7-12H,4-6H2,1-3H3,(H,29,30,34). The first-order chi connectivity index (χ1) is 16.5. The van der Waals surface area contributed by atoms with E-state index in [-0.39, 0.29) is 29.3 Å². The van der Waals surface area contributed by atoms with Crippen molar-refractivity contribution in [2.24, 2.45) is 0 Å². The fourth-order valence-electron chi connectivity index (χ4n) is 3.58. The molecule has 1 N–H and O–H groups in total. The molecule has 0 spiro atoms. The van der Waals surface area contributed by atoms with Crippen LogP contribution >= 0.6 is 12.2 Å². The lowest BCUT2D eigenvalue weighted by molar-refractivity contribution is -0.137. The van der Waals surface area contributed by atoms with Gasteiger partial charge < -0.3 is 9.88 Å². The molecule has 11 heteroatoms. The summed E-state index contributed by atoms with van der Waals surface area (Å²) in [5, 5.41) is 9.34. The number of benzene rings is 2. The highest BCUT2D eigenvalue weighted by molar-refractivity contribution is 7.81. The van der Waals surface area contributed by atoms with Crippen molar-refractivity contribution < 1.29 is 18.0 Å². The summed E-state index contributed by atoms with van der Waals surface area (Å²) >= 11 is 5.58. The summed E-state index contributed by atoms with van der Waals surface area (Å²) in [6, 6.07) is 9.44. The number of H-pyrrole nitrogens is 1. The summed E-state index contributed by atoms with van der Waals surface area (Å²) in [6.07, 6.45) is -4.27. The van der Waals surface area contributed by atoms with Crippen molar-refractivity contribution in [3.63, 3.8) is 0 Å². The predicted molar refractivity (Wildman–Crippen MR) is 131 cm³/mol. The van der Waals surface area contributed by atoms with Crippen molar-refractivity contribution in [3.8, 4) is 6.07 Å². The number of aromatic nitrogens is 2. The van der Waals surface area contributed by atoms with Gasteiger partial charge in [-0.1, -0.05) is 13.8 Å². The molecule has 0 aliphatic heterocycles. The number of anilines is 2. The number of nitriles is 1. The summed E-state index contributed by atoms with van der Waals surface area (Å²) in [5.41, 5.74) is -1.21. The van der Waals surface area contributed by atoms with E-state index in [0.29, 0.717) is 28.8 Å². The van der Waals surface area contributed by atoms with Crippen LogP contribution in [0.3, 0.4) is 0 Å². The number of thiocarbonyl (C=S) groups is 1. The number of hydrogen-bond acceptors (Lipinski definition) is 5. The molecule has 0 fully saturated rings. The zero-order valence-corrected chi connectivity index (χ0v) is 20.0. The largest absolute Gasteiger partial charge is 0.417 e. The number of nitrogens with one attached hydrogen (secondary N) is 1. The van der Waals surface area contributed by atoms with Gasteiger partial charge in [0.25, 0.3) is 5.56 Å². The van der Waals surface area contributed by atoms with Crippen molar-refractivity contribution in [2.75, 3.05) is 16.3 Å². The average Bonchev–Trinajstić information content (AvgIpc) is 2.84. The average molecular weight is 502 g/mol. The van der Waals surface area contributed by atoms with Crippen molar-refractivity contribution >= 4 is 45.5 Å². The monoisotopic (exact) mass is 501 g/mol. The second-order valence-electron chi connectivity index (χ2n) is 7.52. The number of aromatic amines is 1. The Bertz CT molecular complexity index is 1390. The first kappa shape index (κ1) is 25.8. The van der Waals surface area contributed by atoms with E-state index >= 15 is 0 Å². The van der Waals surface area contributed by atoms with Gasteiger partial charge in [-0.05, 0) is 55.5 Å². The van der Waals surface area contributed by atoms with E-state index in [9.17, 15) is 22.8 Å². The fourth-order valence-corrected chi connectivity index (χ4v) is 4.02. The zero-order chi connectivity index (χ0) is 25.9. The van der Waals surface area contributed by atoms with Gasteiger partial charge in [0.1, 0.15) is 5.82 Å². The first-order valence-electron chi connectivity index (χ1n) is 10.8. The Morgan fingerprint density at radius 2 is 1.83 bits per heavy atom. The van der Waals surface area contributed by atoms with Crippen LogP contribution in [-0.2, 0) is 17.4 Å². The number of aryl methyl sites for hydroxylation is 1. The molecule has 0 atom stereocenters. The van der Waals surface area contributed by atoms with Crippen LogP contribution in [0.25, 0.3) is 10.9 Å². The van der Waals surface area contributed by atoms with Gasteiger partial charge in [-0.15, -0.1) is 0 Å². The molecular weight excluding hydrogens is 479 g/mol. The summed E-state index contributed by atoms with van der Waals surface area (Å²) in [6.45, 7) is 5.45. The van der Waals surface area contributed by atoms with Gasteiger partial charge in [0, 0.05) is 25.1 Å². The SMILES string of the molecule is CCC(=O)N(C(=S)N(CC)c1ccc2nc(CC)[nH]c(=O)c2c1)c1ccc(C#N)c(C(F)(F)F)c1. The first-order valence-corrected chi connectivity index (χ1v) is 11.2. The van der Waals surface area contributed by atoms with Gasteiger partial charge in [-0.25, -0.2) is 4.98 Å². The quantitative estimate of drug-likeness (QED) is 0.499. The van der Waals surface area contributed by atoms with Crippen molar-refractivity contribution in [2.45, 2.75) is 39.8 Å². The van der Waals surface area contributed by atoms with Crippen LogP contribution in [0, 0.1) is 11.3 Å². The molecule has 3 aromatic rings. The molecule has 1 aromatic heterocycles.